The molecule has 2 heteroatoms. The summed E-state index contributed by atoms with van der Waals surface area (Å²) in [5.74, 6) is 0.410. The number of carboxylic acid groups (broad SMARTS) is 1. The number of hydrogen-bond acceptors (Lipinski definition) is 1. The minimum Gasteiger partial charge on any atom is -0.478 e. The van der Waals surface area contributed by atoms with Crippen LogP contribution in [0.5, 0.6) is 0 Å². The van der Waals surface area contributed by atoms with Gasteiger partial charge in [0.05, 0.1) is 0 Å². The molecule has 2 bridgehead atoms. The molecule has 0 aliphatic heterocycles. The number of carbonyl (C=O) groups is 1. The van der Waals surface area contributed by atoms with Crippen LogP contribution in [0.3, 0.4) is 0 Å². The van der Waals surface area contributed by atoms with Crippen LogP contribution < -0.4 is 0 Å². The molecule has 15 heavy (non-hydrogen) atoms. The van der Waals surface area contributed by atoms with Crippen molar-refractivity contribution in [1.29, 1.82) is 0 Å². The van der Waals surface area contributed by atoms with Crippen LogP contribution in [0.2, 0.25) is 0 Å². The smallest absolute Gasteiger partial charge is 0.330 e. The second-order valence-corrected chi connectivity index (χ2v) is 5.04. The molecule has 0 spiro atoms. The summed E-state index contributed by atoms with van der Waals surface area (Å²) in [5.41, 5.74) is 0.690. The quantitative estimate of drug-likeness (QED) is 0.569. The highest BCUT2D eigenvalue weighted by Gasteiger charge is 2.49. The second kappa shape index (κ2) is 3.51. The molecule has 3 atom stereocenters. The number of aliphatic carboxylic acids is 1. The molecule has 2 aliphatic carbocycles. The first-order valence-corrected chi connectivity index (χ1v) is 5.63. The predicted molar refractivity (Wildman–Crippen MR) is 59.5 cm³/mol. The van der Waals surface area contributed by atoms with E-state index in [9.17, 15) is 4.79 Å². The molecule has 2 rings (SSSR count). The third kappa shape index (κ3) is 1.62. The maximum atomic E-state index is 10.8. The fourth-order valence-corrected chi connectivity index (χ4v) is 3.29. The van der Waals surface area contributed by atoms with Gasteiger partial charge in [0.25, 0.3) is 0 Å². The van der Waals surface area contributed by atoms with Crippen LogP contribution in [-0.4, -0.2) is 11.1 Å². The Morgan fingerprint density at radius 2 is 2.33 bits per heavy atom. The number of hydrogen-bond donors (Lipinski definition) is 1. The fraction of sp³-hybridized carbons (Fsp3) is 0.615. The minimum absolute atomic E-state index is 0.210. The minimum atomic E-state index is -0.794. The van der Waals surface area contributed by atoms with Crippen molar-refractivity contribution < 1.29 is 9.90 Å². The number of fused-ring (bicyclic) bond motifs is 2. The molecule has 2 saturated carbocycles. The van der Waals surface area contributed by atoms with Crippen LogP contribution >= 0.6 is 0 Å². The monoisotopic (exact) mass is 206 g/mol. The summed E-state index contributed by atoms with van der Waals surface area (Å²) in [7, 11) is 0. The van der Waals surface area contributed by atoms with Crippen molar-refractivity contribution in [1.82, 2.24) is 0 Å². The van der Waals surface area contributed by atoms with Gasteiger partial charge >= 0.3 is 5.97 Å². The van der Waals surface area contributed by atoms with Gasteiger partial charge in [0, 0.05) is 5.57 Å². The van der Waals surface area contributed by atoms with Gasteiger partial charge in [0.15, 0.2) is 0 Å². The first kappa shape index (κ1) is 10.5. The van der Waals surface area contributed by atoms with Gasteiger partial charge in [-0.25, -0.2) is 4.79 Å². The molecular formula is C13H18O2. The number of allylic oxidation sites excluding steroid dienone is 2. The highest BCUT2D eigenvalue weighted by Crippen LogP contribution is 2.58. The number of rotatable bonds is 3. The van der Waals surface area contributed by atoms with Gasteiger partial charge < -0.3 is 5.11 Å². The Morgan fingerprint density at radius 3 is 2.87 bits per heavy atom. The Balaban J connectivity index is 2.21. The Hall–Kier alpha value is -1.05. The zero-order valence-electron chi connectivity index (χ0n) is 9.20. The van der Waals surface area contributed by atoms with E-state index < -0.39 is 5.97 Å². The van der Waals surface area contributed by atoms with E-state index in [0.29, 0.717) is 11.5 Å². The zero-order valence-corrected chi connectivity index (χ0v) is 9.20. The summed E-state index contributed by atoms with van der Waals surface area (Å²) in [4.78, 5) is 10.8. The maximum absolute atomic E-state index is 10.8. The van der Waals surface area contributed by atoms with Gasteiger partial charge in [-0.2, -0.15) is 0 Å². The third-order valence-corrected chi connectivity index (χ3v) is 4.21. The fourth-order valence-electron chi connectivity index (χ4n) is 3.29. The lowest BCUT2D eigenvalue weighted by atomic mass is 9.74. The van der Waals surface area contributed by atoms with Crippen LogP contribution in [0.1, 0.15) is 32.6 Å². The average molecular weight is 206 g/mol. The molecule has 0 aromatic heterocycles. The molecule has 0 aromatic rings. The standard InChI is InChI=1S/C13H18O2/c1-3-13-5-4-10(8-13)7-11(13)6-9(2)12(14)15/h3,6,10-11H,1,4-5,7-8H2,2H3,(H,14,15). The predicted octanol–water partition coefficient (Wildman–Crippen LogP) is 3.01. The highest BCUT2D eigenvalue weighted by atomic mass is 16.4. The van der Waals surface area contributed by atoms with E-state index in [1.807, 2.05) is 6.08 Å². The number of carboxylic acids is 1. The van der Waals surface area contributed by atoms with Gasteiger partial charge in [-0.15, -0.1) is 6.58 Å². The third-order valence-electron chi connectivity index (χ3n) is 4.21. The molecule has 0 aromatic carbocycles. The van der Waals surface area contributed by atoms with Crippen molar-refractivity contribution in [3.63, 3.8) is 0 Å². The first-order chi connectivity index (χ1) is 7.07. The van der Waals surface area contributed by atoms with Crippen LogP contribution in [0, 0.1) is 17.3 Å². The van der Waals surface area contributed by atoms with Crippen LogP contribution in [0.15, 0.2) is 24.3 Å². The van der Waals surface area contributed by atoms with Gasteiger partial charge in [-0.3, -0.25) is 0 Å². The molecule has 0 saturated heterocycles. The molecule has 2 aliphatic rings. The maximum Gasteiger partial charge on any atom is 0.330 e. The second-order valence-electron chi connectivity index (χ2n) is 5.04. The Kier molecular flexibility index (Phi) is 2.45. The lowest BCUT2D eigenvalue weighted by Gasteiger charge is -2.30. The van der Waals surface area contributed by atoms with Gasteiger partial charge in [0.1, 0.15) is 0 Å². The highest BCUT2D eigenvalue weighted by molar-refractivity contribution is 5.85. The van der Waals surface area contributed by atoms with E-state index in [-0.39, 0.29) is 5.41 Å². The van der Waals surface area contributed by atoms with Crippen molar-refractivity contribution in [3.8, 4) is 0 Å². The summed E-state index contributed by atoms with van der Waals surface area (Å²) in [5, 5.41) is 8.88. The lowest BCUT2D eigenvalue weighted by molar-refractivity contribution is -0.132. The van der Waals surface area contributed by atoms with Gasteiger partial charge in [0.2, 0.25) is 0 Å². The summed E-state index contributed by atoms with van der Waals surface area (Å²) in [6, 6.07) is 0. The van der Waals surface area contributed by atoms with E-state index >= 15 is 0 Å². The van der Waals surface area contributed by atoms with Crippen molar-refractivity contribution in [3.05, 3.63) is 24.3 Å². The van der Waals surface area contributed by atoms with Gasteiger partial charge in [-0.1, -0.05) is 12.2 Å². The molecule has 3 unspecified atom stereocenters. The molecule has 2 nitrogen and oxygen atoms in total. The molecule has 82 valence electrons. The Morgan fingerprint density at radius 1 is 1.60 bits per heavy atom. The van der Waals surface area contributed by atoms with Crippen LogP contribution in [0.25, 0.3) is 0 Å². The van der Waals surface area contributed by atoms with E-state index in [2.05, 4.69) is 12.7 Å². The molecule has 0 heterocycles. The molecule has 2 fully saturated rings. The summed E-state index contributed by atoms with van der Waals surface area (Å²) >= 11 is 0. The van der Waals surface area contributed by atoms with Gasteiger partial charge in [-0.05, 0) is 49.9 Å². The van der Waals surface area contributed by atoms with Crippen molar-refractivity contribution in [2.24, 2.45) is 17.3 Å². The Bertz CT molecular complexity index is 329. The molecule has 0 radical (unpaired) electrons. The molecular weight excluding hydrogens is 188 g/mol. The summed E-state index contributed by atoms with van der Waals surface area (Å²) < 4.78 is 0. The van der Waals surface area contributed by atoms with Crippen molar-refractivity contribution in [2.45, 2.75) is 32.6 Å². The van der Waals surface area contributed by atoms with E-state index in [1.54, 1.807) is 6.92 Å². The summed E-state index contributed by atoms with van der Waals surface area (Å²) in [6.45, 7) is 5.62. The van der Waals surface area contributed by atoms with Crippen LogP contribution in [0.4, 0.5) is 0 Å². The normalized spacial score (nSPS) is 39.4. The zero-order chi connectivity index (χ0) is 11.1. The average Bonchev–Trinajstić information content (AvgIpc) is 2.75. The molecule has 0 amide bonds. The SMILES string of the molecule is C=CC12CCC(CC1C=C(C)C(=O)O)C2. The van der Waals surface area contributed by atoms with Crippen LogP contribution in [-0.2, 0) is 4.79 Å². The Labute approximate surface area is 90.7 Å². The topological polar surface area (TPSA) is 37.3 Å². The molecule has 1 N–H and O–H groups in total. The van der Waals surface area contributed by atoms with E-state index in [4.69, 9.17) is 5.11 Å². The first-order valence-electron chi connectivity index (χ1n) is 5.63. The van der Waals surface area contributed by atoms with E-state index in [1.165, 1.54) is 19.3 Å². The lowest BCUT2D eigenvalue weighted by Crippen LogP contribution is -2.21. The van der Waals surface area contributed by atoms with Crippen molar-refractivity contribution >= 4 is 5.97 Å². The summed E-state index contributed by atoms with van der Waals surface area (Å²) in [6.07, 6.45) is 8.86. The van der Waals surface area contributed by atoms with Crippen molar-refractivity contribution in [2.75, 3.05) is 0 Å². The largest absolute Gasteiger partial charge is 0.478 e. The van der Waals surface area contributed by atoms with E-state index in [0.717, 1.165) is 12.3 Å².